The van der Waals surface area contributed by atoms with Gasteiger partial charge in [-0.3, -0.25) is 0 Å². The Morgan fingerprint density at radius 2 is 1.37 bits per heavy atom. The first-order chi connectivity index (χ1) is 19.6. The van der Waals surface area contributed by atoms with Crippen molar-refractivity contribution in [2.45, 2.75) is 9.79 Å². The van der Waals surface area contributed by atoms with Gasteiger partial charge in [0.15, 0.2) is 0 Å². The minimum atomic E-state index is 0. The largest absolute Gasteiger partial charge is 2.00 e. The van der Waals surface area contributed by atoms with E-state index in [9.17, 15) is 0 Å². The maximum atomic E-state index is 5.53. The van der Waals surface area contributed by atoms with E-state index in [1.54, 1.807) is 22.7 Å². The monoisotopic (exact) mass is 596 g/mol. The number of fused-ring (bicyclic) bond motifs is 3. The molecule has 0 spiro atoms. The smallest absolute Gasteiger partial charge is 0.779 e. The summed E-state index contributed by atoms with van der Waals surface area (Å²) >= 11 is 14.4. The van der Waals surface area contributed by atoms with E-state index in [0.29, 0.717) is 0 Å². The Balaban J connectivity index is 0.000000161. The van der Waals surface area contributed by atoms with Gasteiger partial charge in [0.25, 0.3) is 5.01 Å². The van der Waals surface area contributed by atoms with Crippen molar-refractivity contribution in [3.63, 3.8) is 0 Å². The van der Waals surface area contributed by atoms with Crippen LogP contribution in [0.1, 0.15) is 11.1 Å². The Labute approximate surface area is 262 Å². The summed E-state index contributed by atoms with van der Waals surface area (Å²) in [6.45, 7) is 7.78. The van der Waals surface area contributed by atoms with Crippen LogP contribution in [0.5, 0.6) is 0 Å². The van der Waals surface area contributed by atoms with Gasteiger partial charge in [-0.25, -0.2) is 4.98 Å². The van der Waals surface area contributed by atoms with Crippen molar-refractivity contribution < 1.29 is 4.98 Å². The van der Waals surface area contributed by atoms with E-state index >= 15 is 0 Å². The molecule has 0 bridgehead atoms. The van der Waals surface area contributed by atoms with Crippen molar-refractivity contribution in [3.05, 3.63) is 121 Å². The van der Waals surface area contributed by atoms with E-state index < -0.39 is 0 Å². The number of thiazole rings is 2. The summed E-state index contributed by atoms with van der Waals surface area (Å²) in [5.41, 5.74) is 6.37. The van der Waals surface area contributed by atoms with Gasteiger partial charge in [-0.05, 0) is 45.7 Å². The van der Waals surface area contributed by atoms with E-state index in [-0.39, 0.29) is 10.1 Å². The quantitative estimate of drug-likeness (QED) is 0.150. The van der Waals surface area contributed by atoms with Gasteiger partial charge < -0.3 is 25.3 Å². The van der Waals surface area contributed by atoms with E-state index in [1.807, 2.05) is 72.8 Å². The molecule has 0 saturated heterocycles. The summed E-state index contributed by atoms with van der Waals surface area (Å²) in [6.07, 6.45) is 3.68. The molecule has 0 aliphatic carbocycles. The number of para-hydroxylation sites is 2. The summed E-state index contributed by atoms with van der Waals surface area (Å²) in [7, 11) is 0. The predicted molar refractivity (Wildman–Crippen MR) is 184 cm³/mol. The van der Waals surface area contributed by atoms with Crippen LogP contribution in [0.4, 0.5) is 0 Å². The molecule has 0 aliphatic heterocycles. The summed E-state index contributed by atoms with van der Waals surface area (Å²) in [5.74, 6) is 0. The summed E-state index contributed by atoms with van der Waals surface area (Å²) < 4.78 is 2.42. The number of H-pyrrole nitrogens is 1. The maximum Gasteiger partial charge on any atom is 2.00 e. The van der Waals surface area contributed by atoms with Gasteiger partial charge >= 0.3 is 10.1 Å². The second-order valence-corrected chi connectivity index (χ2v) is 12.0. The molecule has 7 rings (SSSR count). The molecule has 7 aromatic rings. The number of aromatic amines is 1. The van der Waals surface area contributed by atoms with Gasteiger partial charge in [-0.1, -0.05) is 109 Å². The number of nitrogens with zero attached hydrogens (tertiary/aromatic N) is 1. The fourth-order valence-electron chi connectivity index (χ4n) is 4.73. The van der Waals surface area contributed by atoms with Gasteiger partial charge in [0.05, 0.1) is 10.2 Å². The van der Waals surface area contributed by atoms with Gasteiger partial charge in [-0.2, -0.15) is 14.8 Å². The third-order valence-corrected chi connectivity index (χ3v) is 9.46. The van der Waals surface area contributed by atoms with Gasteiger partial charge in [-0.15, -0.1) is 11.3 Å². The normalized spacial score (nSPS) is 10.6. The molecule has 0 radical (unpaired) electrons. The molecule has 0 aliphatic rings. The Bertz CT molecular complexity index is 1970. The Morgan fingerprint density at radius 3 is 2.12 bits per heavy atom. The molecule has 0 atom stereocenters. The van der Waals surface area contributed by atoms with E-state index in [1.165, 1.54) is 20.2 Å². The molecule has 41 heavy (non-hydrogen) atoms. The fourth-order valence-corrected chi connectivity index (χ4v) is 7.53. The molecule has 0 amide bonds. The van der Waals surface area contributed by atoms with E-state index in [2.05, 4.69) is 54.5 Å². The number of hydrogen-bond donors (Lipinski definition) is 0. The minimum absolute atomic E-state index is 0. The molecule has 2 heterocycles. The number of benzene rings is 5. The summed E-state index contributed by atoms with van der Waals surface area (Å²) in [5, 5.41) is 4.46. The molecule has 194 valence electrons. The second kappa shape index (κ2) is 12.4. The Morgan fingerprint density at radius 1 is 0.683 bits per heavy atom. The first-order valence-corrected chi connectivity index (χ1v) is 15.1. The number of nitrogens with one attached hydrogen (secondary N) is 1. The molecule has 0 saturated carbocycles. The van der Waals surface area contributed by atoms with Crippen molar-refractivity contribution in [2.75, 3.05) is 0 Å². The van der Waals surface area contributed by atoms with Gasteiger partial charge in [0.2, 0.25) is 5.52 Å². The first kappa shape index (κ1) is 28.7. The number of rotatable bonds is 4. The second-order valence-electron chi connectivity index (χ2n) is 9.05. The van der Waals surface area contributed by atoms with Crippen molar-refractivity contribution in [2.24, 2.45) is 0 Å². The zero-order valence-electron chi connectivity index (χ0n) is 22.1. The van der Waals surface area contributed by atoms with Crippen molar-refractivity contribution in [3.8, 4) is 21.1 Å². The van der Waals surface area contributed by atoms with Crippen LogP contribution >= 0.6 is 22.7 Å². The SMILES string of the molecule is C=Cc1ccc([S-])c(-c2[nH+]c3ccccc3s2)c1C=C.[Be+2].[S-]c1ccc2ccccc2c1-c1nc2ccccc2s1. The number of aromatic nitrogens is 2. The zero-order valence-corrected chi connectivity index (χ0v) is 25.4. The maximum absolute atomic E-state index is 5.53. The first-order valence-electron chi connectivity index (χ1n) is 12.6. The van der Waals surface area contributed by atoms with Crippen LogP contribution in [0.25, 0.3) is 64.5 Å². The molecule has 7 heteroatoms. The van der Waals surface area contributed by atoms with Crippen molar-refractivity contribution in [1.29, 1.82) is 0 Å². The standard InChI is InChI=1S/C17H11NS2.C17H13NS2.Be/c19-14-10-9-11-5-1-2-6-12(11)16(14)17-18-13-7-3-4-8-15(13)20-17;1-3-11-9-10-14(19)16(12(11)4-2)17-18-13-7-5-6-8-15(13)20-17;/h1-10,19H;3-10,19H,1-2H2;/q;;+2/p-1. The van der Waals surface area contributed by atoms with Crippen LogP contribution in [0, 0.1) is 0 Å². The molecular weight excluding hydrogens is 574 g/mol. The predicted octanol–water partition coefficient (Wildman–Crippen LogP) is 9.22. The third kappa shape index (κ3) is 5.58. The Hall–Kier alpha value is -3.77. The average Bonchev–Trinajstić information content (AvgIpc) is 3.61. The van der Waals surface area contributed by atoms with E-state index in [0.717, 1.165) is 53.1 Å². The molecule has 2 aromatic heterocycles. The van der Waals surface area contributed by atoms with Crippen LogP contribution in [0.3, 0.4) is 0 Å². The topological polar surface area (TPSA) is 27.0 Å². The van der Waals surface area contributed by atoms with Crippen LogP contribution < -0.4 is 4.98 Å². The number of hydrogen-bond acceptors (Lipinski definition) is 5. The van der Waals surface area contributed by atoms with Crippen LogP contribution in [-0.2, 0) is 25.3 Å². The summed E-state index contributed by atoms with van der Waals surface area (Å²) in [4.78, 5) is 9.89. The molecule has 2 nitrogen and oxygen atoms in total. The molecule has 0 fully saturated rings. The molecule has 0 unspecified atom stereocenters. The van der Waals surface area contributed by atoms with Crippen LogP contribution in [0.2, 0.25) is 0 Å². The van der Waals surface area contributed by atoms with Crippen LogP contribution in [-0.4, -0.2) is 15.1 Å². The summed E-state index contributed by atoms with van der Waals surface area (Å²) in [6, 6.07) is 32.8. The molecule has 1 N–H and O–H groups in total. The molecular formula is C34H23BeN2S4+. The minimum Gasteiger partial charge on any atom is -0.779 e. The van der Waals surface area contributed by atoms with E-state index in [4.69, 9.17) is 30.2 Å². The Kier molecular flexibility index (Phi) is 8.69. The van der Waals surface area contributed by atoms with Crippen LogP contribution in [0.15, 0.2) is 120 Å². The fraction of sp³-hybridized carbons (Fsp3) is 0. The van der Waals surface area contributed by atoms with Gasteiger partial charge in [0.1, 0.15) is 9.71 Å². The van der Waals surface area contributed by atoms with Crippen molar-refractivity contribution in [1.82, 2.24) is 4.98 Å². The zero-order chi connectivity index (χ0) is 27.6. The average molecular weight is 597 g/mol. The third-order valence-electron chi connectivity index (χ3n) is 6.64. The van der Waals surface area contributed by atoms with Crippen molar-refractivity contribution >= 4 is 101 Å². The molecule has 5 aromatic carbocycles. The van der Waals surface area contributed by atoms with Gasteiger partial charge in [0, 0.05) is 11.6 Å².